The molecule has 7 heteroatoms. The minimum absolute atomic E-state index is 0.132. The number of halogens is 3. The number of hydrogen-bond acceptors (Lipinski definition) is 2. The third-order valence-electron chi connectivity index (χ3n) is 3.29. The topological polar surface area (TPSA) is 35.6 Å². The van der Waals surface area contributed by atoms with Crippen LogP contribution in [-0.2, 0) is 6.18 Å². The third kappa shape index (κ3) is 5.33. The number of carbonyl (C=O) groups excluding carboxylic acids is 1. The summed E-state index contributed by atoms with van der Waals surface area (Å²) in [6, 6.07) is 3.46. The van der Waals surface area contributed by atoms with Gasteiger partial charge in [0.25, 0.3) is 0 Å². The van der Waals surface area contributed by atoms with Gasteiger partial charge in [0.2, 0.25) is 0 Å². The number of carbonyl (C=O) groups is 1. The zero-order valence-electron chi connectivity index (χ0n) is 14.0. The van der Waals surface area contributed by atoms with Gasteiger partial charge in [0.05, 0.1) is 5.56 Å². The van der Waals surface area contributed by atoms with Crippen molar-refractivity contribution in [2.24, 2.45) is 0 Å². The Morgan fingerprint density at radius 3 is 2.13 bits per heavy atom. The Hall–Kier alpha value is -1.92. The predicted octanol–water partition coefficient (Wildman–Crippen LogP) is 4.43. The van der Waals surface area contributed by atoms with Crippen LogP contribution in [0.15, 0.2) is 18.2 Å². The molecular formula is C16H24F3N3O. The largest absolute Gasteiger partial charge is 0.418 e. The monoisotopic (exact) mass is 331 g/mol. The summed E-state index contributed by atoms with van der Waals surface area (Å²) < 4.78 is 40.2. The van der Waals surface area contributed by atoms with Crippen molar-refractivity contribution in [1.82, 2.24) is 4.90 Å². The second kappa shape index (κ2) is 8.08. The second-order valence-corrected chi connectivity index (χ2v) is 5.54. The highest BCUT2D eigenvalue weighted by Gasteiger charge is 2.35. The van der Waals surface area contributed by atoms with Crippen LogP contribution >= 0.6 is 0 Å². The zero-order valence-corrected chi connectivity index (χ0v) is 14.0. The Bertz CT molecular complexity index is 524. The summed E-state index contributed by atoms with van der Waals surface area (Å²) >= 11 is 0. The van der Waals surface area contributed by atoms with Gasteiger partial charge >= 0.3 is 12.2 Å². The Kier molecular flexibility index (Phi) is 6.72. The number of nitrogens with one attached hydrogen (secondary N) is 1. The van der Waals surface area contributed by atoms with Gasteiger partial charge in [-0.15, -0.1) is 0 Å². The summed E-state index contributed by atoms with van der Waals surface area (Å²) in [6.45, 7) is 4.98. The quantitative estimate of drug-likeness (QED) is 0.837. The zero-order chi connectivity index (χ0) is 17.6. The van der Waals surface area contributed by atoms with Gasteiger partial charge in [-0.3, -0.25) is 0 Å². The summed E-state index contributed by atoms with van der Waals surface area (Å²) in [4.78, 5) is 14.6. The molecular weight excluding hydrogens is 307 g/mol. The van der Waals surface area contributed by atoms with Crippen LogP contribution in [0.25, 0.3) is 0 Å². The van der Waals surface area contributed by atoms with E-state index in [9.17, 15) is 18.0 Å². The maximum Gasteiger partial charge on any atom is 0.418 e. The molecule has 1 N–H and O–H groups in total. The average Bonchev–Trinajstić information content (AvgIpc) is 2.46. The molecule has 130 valence electrons. The number of rotatable bonds is 6. The lowest BCUT2D eigenvalue weighted by Gasteiger charge is -2.27. The molecule has 0 saturated carbocycles. The molecule has 23 heavy (non-hydrogen) atoms. The van der Waals surface area contributed by atoms with Crippen LogP contribution in [0, 0.1) is 0 Å². The molecule has 0 atom stereocenters. The molecule has 1 rings (SSSR count). The number of anilines is 2. The molecule has 0 spiro atoms. The highest BCUT2D eigenvalue weighted by atomic mass is 19.4. The lowest BCUT2D eigenvalue weighted by Crippen LogP contribution is -2.29. The number of urea groups is 1. The van der Waals surface area contributed by atoms with Crippen LogP contribution < -0.4 is 10.2 Å². The fourth-order valence-electron chi connectivity index (χ4n) is 2.24. The van der Waals surface area contributed by atoms with Crippen LogP contribution in [0.1, 0.15) is 32.3 Å². The fourth-order valence-corrected chi connectivity index (χ4v) is 2.24. The summed E-state index contributed by atoms with van der Waals surface area (Å²) in [5.74, 6) is 0. The van der Waals surface area contributed by atoms with Gasteiger partial charge < -0.3 is 15.1 Å². The first kappa shape index (κ1) is 19.1. The van der Waals surface area contributed by atoms with Crippen LogP contribution in [0.5, 0.6) is 0 Å². The van der Waals surface area contributed by atoms with Crippen LogP contribution in [0.2, 0.25) is 0 Å². The predicted molar refractivity (Wildman–Crippen MR) is 86.9 cm³/mol. The fraction of sp³-hybridized carbons (Fsp3) is 0.562. The van der Waals surface area contributed by atoms with Crippen molar-refractivity contribution in [2.45, 2.75) is 32.9 Å². The Labute approximate surface area is 135 Å². The third-order valence-corrected chi connectivity index (χ3v) is 3.29. The molecule has 0 aliphatic heterocycles. The maximum absolute atomic E-state index is 13.4. The first-order chi connectivity index (χ1) is 10.7. The Morgan fingerprint density at radius 2 is 1.70 bits per heavy atom. The molecule has 0 radical (unpaired) electrons. The number of hydrogen-bond donors (Lipinski definition) is 1. The standard InChI is InChI=1S/C16H24F3N3O/c1-5-9-22(10-6-2)14-8-7-12(20-15(23)21(3)4)11-13(14)16(17,18)19/h7-8,11H,5-6,9-10H2,1-4H3,(H,20,23). The molecule has 0 unspecified atom stereocenters. The van der Waals surface area contributed by atoms with E-state index < -0.39 is 17.8 Å². The van der Waals surface area contributed by atoms with E-state index in [4.69, 9.17) is 0 Å². The van der Waals surface area contributed by atoms with Crippen molar-refractivity contribution in [2.75, 3.05) is 37.4 Å². The van der Waals surface area contributed by atoms with E-state index in [1.807, 2.05) is 13.8 Å². The van der Waals surface area contributed by atoms with E-state index in [1.165, 1.54) is 31.1 Å². The molecule has 0 aliphatic rings. The molecule has 0 saturated heterocycles. The Balaban J connectivity index is 3.23. The molecule has 0 aliphatic carbocycles. The summed E-state index contributed by atoms with van der Waals surface area (Å²) in [5.41, 5.74) is -0.437. The average molecular weight is 331 g/mol. The van der Waals surface area contributed by atoms with Crippen molar-refractivity contribution < 1.29 is 18.0 Å². The van der Waals surface area contributed by atoms with Crippen LogP contribution in [0.3, 0.4) is 0 Å². The SMILES string of the molecule is CCCN(CCC)c1ccc(NC(=O)N(C)C)cc1C(F)(F)F. The molecule has 2 amide bonds. The van der Waals surface area contributed by atoms with Crippen LogP contribution in [0.4, 0.5) is 29.3 Å². The van der Waals surface area contributed by atoms with Crippen molar-refractivity contribution in [3.63, 3.8) is 0 Å². The van der Waals surface area contributed by atoms with Crippen molar-refractivity contribution in [1.29, 1.82) is 0 Å². The summed E-state index contributed by atoms with van der Waals surface area (Å²) in [5, 5.41) is 2.45. The lowest BCUT2D eigenvalue weighted by atomic mass is 10.1. The van der Waals surface area contributed by atoms with Gasteiger partial charge in [-0.1, -0.05) is 13.8 Å². The Morgan fingerprint density at radius 1 is 1.13 bits per heavy atom. The number of amides is 2. The van der Waals surface area contributed by atoms with E-state index in [0.717, 1.165) is 18.9 Å². The number of benzene rings is 1. The summed E-state index contributed by atoms with van der Waals surface area (Å²) in [6.07, 6.45) is -2.96. The molecule has 0 bridgehead atoms. The molecule has 1 aromatic carbocycles. The highest BCUT2D eigenvalue weighted by Crippen LogP contribution is 2.38. The molecule has 4 nitrogen and oxygen atoms in total. The normalized spacial score (nSPS) is 11.3. The van der Waals surface area contributed by atoms with Gasteiger partial charge in [0.15, 0.2) is 0 Å². The van der Waals surface area contributed by atoms with Gasteiger partial charge in [-0.05, 0) is 31.0 Å². The minimum atomic E-state index is -4.48. The molecule has 0 aromatic heterocycles. The van der Waals surface area contributed by atoms with Crippen molar-refractivity contribution in [3.05, 3.63) is 23.8 Å². The summed E-state index contributed by atoms with van der Waals surface area (Å²) in [7, 11) is 3.05. The van der Waals surface area contributed by atoms with Crippen LogP contribution in [-0.4, -0.2) is 38.1 Å². The molecule has 1 aromatic rings. The van der Waals surface area contributed by atoms with E-state index in [0.29, 0.717) is 13.1 Å². The maximum atomic E-state index is 13.4. The smallest absolute Gasteiger partial charge is 0.371 e. The van der Waals surface area contributed by atoms with E-state index >= 15 is 0 Å². The van der Waals surface area contributed by atoms with Crippen molar-refractivity contribution >= 4 is 17.4 Å². The number of nitrogens with zero attached hydrogens (tertiary/aromatic N) is 2. The van der Waals surface area contributed by atoms with E-state index in [1.54, 1.807) is 4.90 Å². The number of alkyl halides is 3. The lowest BCUT2D eigenvalue weighted by molar-refractivity contribution is -0.137. The molecule has 0 heterocycles. The van der Waals surface area contributed by atoms with Gasteiger partial charge in [0.1, 0.15) is 0 Å². The first-order valence-corrected chi connectivity index (χ1v) is 7.65. The second-order valence-electron chi connectivity index (χ2n) is 5.54. The molecule has 0 fully saturated rings. The van der Waals surface area contributed by atoms with Gasteiger partial charge in [0, 0.05) is 38.6 Å². The van der Waals surface area contributed by atoms with Crippen molar-refractivity contribution in [3.8, 4) is 0 Å². The van der Waals surface area contributed by atoms with Gasteiger partial charge in [-0.25, -0.2) is 4.79 Å². The highest BCUT2D eigenvalue weighted by molar-refractivity contribution is 5.89. The van der Waals surface area contributed by atoms with E-state index in [2.05, 4.69) is 5.32 Å². The first-order valence-electron chi connectivity index (χ1n) is 7.65. The minimum Gasteiger partial charge on any atom is -0.371 e. The van der Waals surface area contributed by atoms with Gasteiger partial charge in [-0.2, -0.15) is 13.2 Å². The van der Waals surface area contributed by atoms with E-state index in [-0.39, 0.29) is 11.4 Å².